The first kappa shape index (κ1) is 28.1. The molecule has 2 aromatic carbocycles. The number of nitrogens with one attached hydrogen (secondary N) is 1. The summed E-state index contributed by atoms with van der Waals surface area (Å²) in [4.78, 5) is 53.4. The van der Waals surface area contributed by atoms with E-state index in [4.69, 9.17) is 11.6 Å². The minimum Gasteiger partial charge on any atom is -0.393 e. The molecule has 2 heterocycles. The number of piperidine rings is 1. The highest BCUT2D eigenvalue weighted by Gasteiger charge is 2.51. The number of imide groups is 1. The summed E-state index contributed by atoms with van der Waals surface area (Å²) in [5.41, 5.74) is 1.84. The number of hydrogen-bond donors (Lipinski definition) is 1. The van der Waals surface area contributed by atoms with Crippen LogP contribution in [0.2, 0.25) is 5.02 Å². The third-order valence-electron chi connectivity index (χ3n) is 7.93. The van der Waals surface area contributed by atoms with E-state index in [1.165, 1.54) is 25.0 Å². The van der Waals surface area contributed by atoms with Crippen molar-refractivity contribution in [2.24, 2.45) is 0 Å². The van der Waals surface area contributed by atoms with Gasteiger partial charge in [-0.3, -0.25) is 24.5 Å². The highest BCUT2D eigenvalue weighted by molar-refractivity contribution is 6.49. The average molecular weight is 533 g/mol. The molecule has 0 spiro atoms. The first-order valence-electron chi connectivity index (χ1n) is 12.3. The third-order valence-corrected chi connectivity index (χ3v) is 8.18. The van der Waals surface area contributed by atoms with Crippen molar-refractivity contribution in [1.29, 1.82) is 0 Å². The van der Waals surface area contributed by atoms with Crippen LogP contribution in [-0.4, -0.2) is 86.6 Å². The van der Waals surface area contributed by atoms with Crippen LogP contribution >= 0.6 is 11.6 Å². The minimum atomic E-state index is -3.79. The van der Waals surface area contributed by atoms with Crippen LogP contribution < -0.4 is 10.8 Å². The highest BCUT2D eigenvalue weighted by atomic mass is 35.5. The number of amides is 4. The van der Waals surface area contributed by atoms with E-state index in [-0.39, 0.29) is 29.7 Å². The second-order valence-corrected chi connectivity index (χ2v) is 11.3. The molecule has 7 nitrogen and oxygen atoms in total. The van der Waals surface area contributed by atoms with Gasteiger partial charge >= 0.3 is 5.92 Å². The van der Waals surface area contributed by atoms with Crippen LogP contribution in [0.25, 0.3) is 0 Å². The summed E-state index contributed by atoms with van der Waals surface area (Å²) in [6, 6.07) is 7.33. The zero-order valence-corrected chi connectivity index (χ0v) is 22.9. The van der Waals surface area contributed by atoms with Gasteiger partial charge in [0.15, 0.2) is 0 Å². The Morgan fingerprint density at radius 3 is 2.29 bits per heavy atom. The average Bonchev–Trinajstić information content (AvgIpc) is 3.04. The standard InChI is InChI=1S/C22H24B6ClF2N3O4/c23-16-12(21(24,25)34(28)19(38)20(30,31)9-1-3-10(29)4-2-9)6-5-11-15(16)22(26,27)33(18(11)37)13-7-8-14(35)32-17(13)36/h1-6,13H,7-8,23-28H2,(H,32,35,36). The Morgan fingerprint density at radius 2 is 1.71 bits per heavy atom. The van der Waals surface area contributed by atoms with Crippen molar-refractivity contribution in [1.82, 2.24) is 15.0 Å². The summed E-state index contributed by atoms with van der Waals surface area (Å²) in [7, 11) is 10.1. The predicted molar refractivity (Wildman–Crippen MR) is 155 cm³/mol. The van der Waals surface area contributed by atoms with Crippen LogP contribution in [0.15, 0.2) is 36.4 Å². The molecular formula is C22H24B6ClF2N3O4. The van der Waals surface area contributed by atoms with E-state index in [9.17, 15) is 19.2 Å². The number of hydrogen-bond acceptors (Lipinski definition) is 4. The van der Waals surface area contributed by atoms with Gasteiger partial charge in [-0.15, -0.1) is 0 Å². The molecule has 2 aromatic rings. The Kier molecular flexibility index (Phi) is 6.92. The van der Waals surface area contributed by atoms with Gasteiger partial charge in [0.25, 0.3) is 11.8 Å². The number of halogens is 3. The van der Waals surface area contributed by atoms with Crippen molar-refractivity contribution < 1.29 is 28.0 Å². The summed E-state index contributed by atoms with van der Waals surface area (Å²) >= 11 is 5.82. The van der Waals surface area contributed by atoms with Crippen LogP contribution in [0, 0.1) is 0 Å². The first-order valence-corrected chi connectivity index (χ1v) is 12.6. The van der Waals surface area contributed by atoms with E-state index in [0.717, 1.165) is 16.9 Å². The van der Waals surface area contributed by atoms with E-state index < -0.39 is 40.0 Å². The van der Waals surface area contributed by atoms with Gasteiger partial charge in [0.05, 0.1) is 0 Å². The monoisotopic (exact) mass is 533 g/mol. The Balaban J connectivity index is 1.72. The van der Waals surface area contributed by atoms with Gasteiger partial charge in [-0.25, -0.2) is 0 Å². The SMILES string of the molecule is Bc1c(C(B)(B)N(B)C(=O)C(F)(F)c2ccc(Cl)cc2)ccc2c1C(B)(B)N(C1CCC(=O)NC1=O)C2=O. The molecule has 0 aromatic heterocycles. The molecule has 0 aliphatic carbocycles. The highest BCUT2D eigenvalue weighted by Crippen LogP contribution is 2.39. The van der Waals surface area contributed by atoms with Gasteiger partial charge in [-0.1, -0.05) is 35.3 Å². The first-order chi connectivity index (χ1) is 17.5. The van der Waals surface area contributed by atoms with Crippen molar-refractivity contribution in [2.75, 3.05) is 0 Å². The van der Waals surface area contributed by atoms with E-state index in [1.54, 1.807) is 35.7 Å². The van der Waals surface area contributed by atoms with Gasteiger partial charge in [0, 0.05) is 27.9 Å². The Bertz CT molecular complexity index is 1380. The maximum atomic E-state index is 15.2. The van der Waals surface area contributed by atoms with Crippen molar-refractivity contribution in [2.45, 2.75) is 35.5 Å². The summed E-state index contributed by atoms with van der Waals surface area (Å²) in [6.07, 6.45) is 0.334. The Morgan fingerprint density at radius 1 is 1.11 bits per heavy atom. The second-order valence-electron chi connectivity index (χ2n) is 10.9. The molecule has 0 bridgehead atoms. The molecule has 2 aliphatic heterocycles. The van der Waals surface area contributed by atoms with Crippen LogP contribution in [0.3, 0.4) is 0 Å². The molecule has 16 heteroatoms. The van der Waals surface area contributed by atoms with E-state index >= 15 is 8.78 Å². The molecule has 1 saturated heterocycles. The van der Waals surface area contributed by atoms with Crippen molar-refractivity contribution in [3.8, 4) is 0 Å². The summed E-state index contributed by atoms with van der Waals surface area (Å²) < 4.78 is 30.5. The maximum absolute atomic E-state index is 15.2. The molecule has 0 saturated carbocycles. The Hall–Kier alpha value is -2.94. The van der Waals surface area contributed by atoms with E-state index in [1.807, 2.05) is 15.7 Å². The lowest BCUT2D eigenvalue weighted by Crippen LogP contribution is -2.60. The quantitative estimate of drug-likeness (QED) is 0.313. The number of nitrogens with zero attached hydrogens (tertiary/aromatic N) is 2. The molecule has 190 valence electrons. The number of benzene rings is 2. The molecule has 2 aliphatic rings. The topological polar surface area (TPSA) is 86.8 Å². The van der Waals surface area contributed by atoms with Crippen molar-refractivity contribution >= 4 is 87.9 Å². The lowest BCUT2D eigenvalue weighted by Gasteiger charge is -2.43. The van der Waals surface area contributed by atoms with Crippen LogP contribution in [0.1, 0.15) is 39.9 Å². The van der Waals surface area contributed by atoms with Gasteiger partial charge in [-0.2, -0.15) is 8.78 Å². The predicted octanol–water partition coefficient (Wildman–Crippen LogP) is -4.22. The molecule has 4 rings (SSSR count). The molecule has 0 radical (unpaired) electrons. The lowest BCUT2D eigenvalue weighted by atomic mass is 9.50. The fraction of sp³-hybridized carbons (Fsp3) is 0.273. The summed E-state index contributed by atoms with van der Waals surface area (Å²) in [6.45, 7) is 0. The van der Waals surface area contributed by atoms with Gasteiger partial charge in [0.2, 0.25) is 19.8 Å². The summed E-state index contributed by atoms with van der Waals surface area (Å²) in [5, 5.41) is 0.469. The van der Waals surface area contributed by atoms with Gasteiger partial charge < -0.3 is 9.71 Å². The fourth-order valence-corrected chi connectivity index (χ4v) is 5.86. The molecule has 1 atom stereocenters. The number of carbonyl (C=O) groups excluding carboxylic acids is 4. The second kappa shape index (κ2) is 9.36. The number of fused-ring (bicyclic) bond motifs is 1. The van der Waals surface area contributed by atoms with Crippen LogP contribution in [0.5, 0.6) is 0 Å². The van der Waals surface area contributed by atoms with Crippen molar-refractivity contribution in [3.05, 3.63) is 63.7 Å². The van der Waals surface area contributed by atoms with Gasteiger partial charge in [0.1, 0.15) is 45.3 Å². The number of carbonyl (C=O) groups is 4. The van der Waals surface area contributed by atoms with Gasteiger partial charge in [-0.05, 0) is 41.1 Å². The molecule has 38 heavy (non-hydrogen) atoms. The van der Waals surface area contributed by atoms with Crippen LogP contribution in [0.4, 0.5) is 8.78 Å². The lowest BCUT2D eigenvalue weighted by molar-refractivity contribution is -0.155. The normalized spacial score (nSPS) is 19.2. The van der Waals surface area contributed by atoms with E-state index in [0.29, 0.717) is 22.2 Å². The molecular weight excluding hydrogens is 509 g/mol. The Labute approximate surface area is 229 Å². The number of alkyl halides is 2. The van der Waals surface area contributed by atoms with Crippen LogP contribution in [-0.2, 0) is 31.0 Å². The third kappa shape index (κ3) is 4.28. The zero-order valence-electron chi connectivity index (χ0n) is 22.1. The minimum absolute atomic E-state index is 0.124. The largest absolute Gasteiger partial charge is 0.393 e. The zero-order chi connectivity index (χ0) is 28.4. The van der Waals surface area contributed by atoms with Crippen molar-refractivity contribution in [3.63, 3.8) is 0 Å². The number of rotatable bonds is 5. The van der Waals surface area contributed by atoms with E-state index in [2.05, 4.69) is 5.32 Å². The summed E-state index contributed by atoms with van der Waals surface area (Å²) in [5.74, 6) is -6.42. The molecule has 4 amide bonds. The fourth-order valence-electron chi connectivity index (χ4n) is 5.73. The molecule has 1 fully saturated rings. The molecule has 1 unspecified atom stereocenters. The molecule has 1 N–H and O–H groups in total. The maximum Gasteiger partial charge on any atom is 0.348 e. The smallest absolute Gasteiger partial charge is 0.348 e.